The van der Waals surface area contributed by atoms with Crippen LogP contribution in [-0.2, 0) is 17.7 Å². The van der Waals surface area contributed by atoms with Crippen molar-refractivity contribution in [2.75, 3.05) is 0 Å². The molecule has 1 aliphatic rings. The minimum absolute atomic E-state index is 0.120. The van der Waals surface area contributed by atoms with Crippen molar-refractivity contribution in [3.05, 3.63) is 144 Å². The van der Waals surface area contributed by atoms with Gasteiger partial charge in [-0.05, 0) is 73.9 Å². The highest BCUT2D eigenvalue weighted by molar-refractivity contribution is 6.11. The number of pyridine rings is 2. The van der Waals surface area contributed by atoms with Crippen LogP contribution in [0, 0.1) is 12.8 Å². The lowest BCUT2D eigenvalue weighted by atomic mass is 9.57. The molecule has 6 aromatic rings. The third-order valence-electron chi connectivity index (χ3n) is 9.87. The fourth-order valence-corrected chi connectivity index (χ4v) is 7.61. The number of para-hydroxylation sites is 1. The maximum Gasteiger partial charge on any atom is 0.169 e. The highest BCUT2D eigenvalue weighted by Crippen LogP contribution is 2.56. The quantitative estimate of drug-likeness (QED) is 0.172. The molecule has 3 aromatic carbocycles. The van der Waals surface area contributed by atoms with E-state index in [4.69, 9.17) is 0 Å². The van der Waals surface area contributed by atoms with E-state index < -0.39 is 23.0 Å². The first-order valence-corrected chi connectivity index (χ1v) is 16.2. The van der Waals surface area contributed by atoms with Crippen molar-refractivity contribution >= 4 is 27.6 Å². The Balaban J connectivity index is 1.42. The van der Waals surface area contributed by atoms with E-state index in [1.54, 1.807) is 36.7 Å². The molecule has 232 valence electrons. The molecule has 0 saturated heterocycles. The van der Waals surface area contributed by atoms with E-state index in [1.807, 2.05) is 67.6 Å². The minimum Gasteiger partial charge on any atom is -0.383 e. The first-order chi connectivity index (χ1) is 22.3. The molecule has 1 saturated carbocycles. The van der Waals surface area contributed by atoms with Crippen LogP contribution < -0.4 is 0 Å². The number of carbonyl (C=O) groups excluding carboxylic acids is 1. The Morgan fingerprint density at radius 3 is 2.20 bits per heavy atom. The van der Waals surface area contributed by atoms with Crippen LogP contribution in [0.5, 0.6) is 0 Å². The number of aryl methyl sites for hydroxylation is 2. The van der Waals surface area contributed by atoms with E-state index in [-0.39, 0.29) is 18.6 Å². The van der Waals surface area contributed by atoms with Gasteiger partial charge in [-0.2, -0.15) is 0 Å². The van der Waals surface area contributed by atoms with Gasteiger partial charge in [0.15, 0.2) is 5.78 Å². The van der Waals surface area contributed by atoms with Crippen LogP contribution in [0.4, 0.5) is 0 Å². The summed E-state index contributed by atoms with van der Waals surface area (Å²) in [5, 5.41) is 27.4. The van der Waals surface area contributed by atoms with Gasteiger partial charge in [0.2, 0.25) is 0 Å². The van der Waals surface area contributed by atoms with Crippen LogP contribution in [0.2, 0.25) is 0 Å². The van der Waals surface area contributed by atoms with Crippen molar-refractivity contribution in [1.82, 2.24) is 14.5 Å². The number of aliphatic hydroxyl groups is 2. The van der Waals surface area contributed by atoms with Gasteiger partial charge in [0, 0.05) is 58.6 Å². The van der Waals surface area contributed by atoms with E-state index in [0.717, 1.165) is 52.3 Å². The summed E-state index contributed by atoms with van der Waals surface area (Å²) >= 11 is 0. The summed E-state index contributed by atoms with van der Waals surface area (Å²) in [7, 11) is 0. The zero-order valence-electron chi connectivity index (χ0n) is 26.3. The molecule has 2 N–H and O–H groups in total. The Morgan fingerprint density at radius 1 is 0.826 bits per heavy atom. The van der Waals surface area contributed by atoms with Crippen LogP contribution in [0.15, 0.2) is 116 Å². The van der Waals surface area contributed by atoms with Crippen molar-refractivity contribution < 1.29 is 15.0 Å². The summed E-state index contributed by atoms with van der Waals surface area (Å²) in [4.78, 5) is 24.2. The van der Waals surface area contributed by atoms with Gasteiger partial charge in [-0.25, -0.2) is 0 Å². The fraction of sp³-hybridized carbons (Fsp3) is 0.275. The number of unbranched alkanes of at least 4 members (excludes halogenated alkanes) is 1. The van der Waals surface area contributed by atoms with E-state index >= 15 is 4.79 Å². The van der Waals surface area contributed by atoms with Gasteiger partial charge in [0.05, 0.1) is 17.3 Å². The van der Waals surface area contributed by atoms with Gasteiger partial charge in [0.1, 0.15) is 11.2 Å². The standard InChI is InChI=1S/C40H39N3O3/c1-3-4-23-43-33-12-6-5-11-30(33)31-24-29(19-20-34(31)43)38(44)37-32(28-17-15-27(2)16-18-28)25-39(45,35-13-7-9-21-41-35)26-40(37,46)36-14-8-10-22-42-36/h5-22,24,32,37,45-46H,3-4,23,25-26H2,1-2H3. The third kappa shape index (κ3) is 5.12. The Hall–Kier alpha value is -4.65. The average Bonchev–Trinajstić information content (AvgIpc) is 3.40. The van der Waals surface area contributed by atoms with Gasteiger partial charge in [-0.3, -0.25) is 14.8 Å². The monoisotopic (exact) mass is 609 g/mol. The zero-order chi connectivity index (χ0) is 31.9. The lowest BCUT2D eigenvalue weighted by Gasteiger charge is -2.50. The number of ketones is 1. The molecule has 6 nitrogen and oxygen atoms in total. The topological polar surface area (TPSA) is 88.2 Å². The highest BCUT2D eigenvalue weighted by atomic mass is 16.3. The molecular weight excluding hydrogens is 570 g/mol. The Morgan fingerprint density at radius 2 is 1.50 bits per heavy atom. The molecule has 0 amide bonds. The summed E-state index contributed by atoms with van der Waals surface area (Å²) in [5.41, 5.74) is 2.28. The van der Waals surface area contributed by atoms with Crippen molar-refractivity contribution in [2.24, 2.45) is 5.92 Å². The molecule has 0 spiro atoms. The van der Waals surface area contributed by atoms with E-state index in [1.165, 1.54) is 0 Å². The predicted molar refractivity (Wildman–Crippen MR) is 182 cm³/mol. The molecule has 0 bridgehead atoms. The number of carbonyl (C=O) groups is 1. The van der Waals surface area contributed by atoms with E-state index in [0.29, 0.717) is 17.0 Å². The Kier molecular flexibility index (Phi) is 7.79. The van der Waals surface area contributed by atoms with Gasteiger partial charge in [-0.15, -0.1) is 0 Å². The highest BCUT2D eigenvalue weighted by Gasteiger charge is 2.58. The Bertz CT molecular complexity index is 2010. The summed E-state index contributed by atoms with van der Waals surface area (Å²) in [6.45, 7) is 5.11. The second kappa shape index (κ2) is 11.9. The minimum atomic E-state index is -1.79. The number of fused-ring (bicyclic) bond motifs is 3. The number of hydrogen-bond donors (Lipinski definition) is 2. The molecule has 3 heterocycles. The summed E-state index contributed by atoms with van der Waals surface area (Å²) < 4.78 is 2.34. The van der Waals surface area contributed by atoms with Crippen LogP contribution >= 0.6 is 0 Å². The second-order valence-electron chi connectivity index (χ2n) is 12.9. The summed E-state index contributed by atoms with van der Waals surface area (Å²) in [5.74, 6) is -1.61. The second-order valence-corrected chi connectivity index (χ2v) is 12.9. The largest absolute Gasteiger partial charge is 0.383 e. The van der Waals surface area contributed by atoms with Crippen molar-refractivity contribution in [1.29, 1.82) is 0 Å². The zero-order valence-corrected chi connectivity index (χ0v) is 26.3. The molecule has 0 aliphatic heterocycles. The Labute approximate surface area is 269 Å². The maximum absolute atomic E-state index is 15.1. The van der Waals surface area contributed by atoms with Gasteiger partial charge in [-0.1, -0.05) is 73.5 Å². The molecule has 0 radical (unpaired) electrons. The number of benzene rings is 3. The van der Waals surface area contributed by atoms with Crippen LogP contribution in [-0.4, -0.2) is 30.5 Å². The van der Waals surface area contributed by atoms with Gasteiger partial charge < -0.3 is 14.8 Å². The molecule has 1 aliphatic carbocycles. The SMILES string of the molecule is CCCCn1c2ccccc2c2cc(C(=O)C3C(c4ccc(C)cc4)CC(O)(c4ccccn4)CC3(O)c3ccccn3)ccc21. The number of hydrogen-bond acceptors (Lipinski definition) is 5. The molecular formula is C40H39N3O3. The fourth-order valence-electron chi connectivity index (χ4n) is 7.61. The number of Topliss-reactive ketones (excluding diaryl/α,β-unsaturated/α-hetero) is 1. The lowest BCUT2D eigenvalue weighted by molar-refractivity contribution is -0.143. The first-order valence-electron chi connectivity index (χ1n) is 16.2. The van der Waals surface area contributed by atoms with Crippen molar-refractivity contribution in [2.45, 2.75) is 63.2 Å². The van der Waals surface area contributed by atoms with E-state index in [9.17, 15) is 10.2 Å². The van der Waals surface area contributed by atoms with Gasteiger partial charge >= 0.3 is 0 Å². The van der Waals surface area contributed by atoms with Gasteiger partial charge in [0.25, 0.3) is 0 Å². The molecule has 4 unspecified atom stereocenters. The molecule has 46 heavy (non-hydrogen) atoms. The summed E-state index contributed by atoms with van der Waals surface area (Å²) in [6.07, 6.45) is 5.52. The molecule has 7 rings (SSSR count). The average molecular weight is 610 g/mol. The van der Waals surface area contributed by atoms with E-state index in [2.05, 4.69) is 39.7 Å². The third-order valence-corrected chi connectivity index (χ3v) is 9.87. The maximum atomic E-state index is 15.1. The summed E-state index contributed by atoms with van der Waals surface area (Å²) in [6, 6.07) is 33.1. The van der Waals surface area contributed by atoms with Crippen LogP contribution in [0.25, 0.3) is 21.8 Å². The molecule has 6 heteroatoms. The smallest absolute Gasteiger partial charge is 0.169 e. The molecule has 4 atom stereocenters. The normalized spacial score (nSPS) is 23.1. The predicted octanol–water partition coefficient (Wildman–Crippen LogP) is 7.85. The van der Waals surface area contributed by atoms with Crippen LogP contribution in [0.1, 0.15) is 71.4 Å². The number of nitrogens with zero attached hydrogens (tertiary/aromatic N) is 3. The lowest BCUT2D eigenvalue weighted by Crippen LogP contribution is -2.54. The molecule has 1 fully saturated rings. The first kappa shape index (κ1) is 30.0. The van der Waals surface area contributed by atoms with Crippen molar-refractivity contribution in [3.8, 4) is 0 Å². The van der Waals surface area contributed by atoms with Crippen LogP contribution in [0.3, 0.4) is 0 Å². The van der Waals surface area contributed by atoms with Crippen molar-refractivity contribution in [3.63, 3.8) is 0 Å². The molecule has 3 aromatic heterocycles. The number of aromatic nitrogens is 3. The number of rotatable bonds is 8.